The molecule has 4 aromatic heterocycles. The van der Waals surface area contributed by atoms with Gasteiger partial charge in [-0.15, -0.1) is 0 Å². The minimum atomic E-state index is -0.743. The number of primary amides is 2. The number of aromatic nitrogens is 6. The van der Waals surface area contributed by atoms with Gasteiger partial charge in [0.2, 0.25) is 23.8 Å². The molecule has 0 fully saturated rings. The summed E-state index contributed by atoms with van der Waals surface area (Å²) in [5.74, 6) is -0.503. The fraction of sp³-hybridized carbons (Fsp3) is 0.308. The molecule has 13 heteroatoms. The molecule has 0 aliphatic carbocycles. The fourth-order valence-corrected chi connectivity index (χ4v) is 4.05. The molecule has 204 valence electrons. The highest BCUT2D eigenvalue weighted by Gasteiger charge is 2.25. The van der Waals surface area contributed by atoms with Crippen LogP contribution in [0.5, 0.6) is 11.8 Å². The van der Waals surface area contributed by atoms with E-state index >= 15 is 0 Å². The van der Waals surface area contributed by atoms with Crippen LogP contribution in [0.15, 0.2) is 36.2 Å². The van der Waals surface area contributed by atoms with Crippen LogP contribution in [0.2, 0.25) is 0 Å². The van der Waals surface area contributed by atoms with Gasteiger partial charge >= 0.3 is 5.88 Å². The standard InChI is InChI=1S/C26H29ClN8O4/c1-14(11-38-24-19-16(7-17(27)21(29)37)9-30-22(19)32-12-33-24)10-35-13-34-25(39-26(2,3)4)20-15(5-6-18(28)36)8-31-23(20)35/h5-9,12-14H,10-11H2,1-4H3,(H5,28,29,30,32,33,36,37)/p+1. The van der Waals surface area contributed by atoms with Gasteiger partial charge < -0.3 is 25.9 Å². The van der Waals surface area contributed by atoms with Crippen LogP contribution in [0.3, 0.4) is 0 Å². The van der Waals surface area contributed by atoms with E-state index in [1.807, 2.05) is 32.3 Å². The zero-order valence-corrected chi connectivity index (χ0v) is 22.7. The second kappa shape index (κ2) is 11.1. The largest absolute Gasteiger partial charge is 0.477 e. The van der Waals surface area contributed by atoms with E-state index < -0.39 is 17.4 Å². The molecular formula is C26H30ClN8O4+. The molecule has 0 saturated heterocycles. The van der Waals surface area contributed by atoms with Crippen molar-refractivity contribution in [3.63, 3.8) is 0 Å². The molecule has 6 N–H and O–H groups in total. The van der Waals surface area contributed by atoms with E-state index in [9.17, 15) is 9.59 Å². The number of aromatic amines is 2. The highest BCUT2D eigenvalue weighted by Crippen LogP contribution is 2.29. The molecule has 39 heavy (non-hydrogen) atoms. The minimum absolute atomic E-state index is 0.0134. The molecule has 4 aromatic rings. The minimum Gasteiger partial charge on any atom is -0.477 e. The first-order valence-corrected chi connectivity index (χ1v) is 12.5. The number of rotatable bonds is 10. The molecule has 0 spiro atoms. The van der Waals surface area contributed by atoms with E-state index in [-0.39, 0.29) is 11.0 Å². The molecule has 1 unspecified atom stereocenters. The SMILES string of the molecule is CC(COc1ncnc2[nH]cc(C=C(Cl)C(N)=O)c12)C[n+]1cnc(OC(C)(C)C)c2c(C=CC(N)=O)c[nH]c21. The maximum absolute atomic E-state index is 11.4. The van der Waals surface area contributed by atoms with Crippen molar-refractivity contribution in [3.05, 3.63) is 47.3 Å². The third kappa shape index (κ3) is 6.52. The fourth-order valence-electron chi connectivity index (χ4n) is 3.93. The van der Waals surface area contributed by atoms with Crippen LogP contribution in [-0.4, -0.2) is 48.9 Å². The Bertz CT molecular complexity index is 1600. The van der Waals surface area contributed by atoms with Crippen LogP contribution in [-0.2, 0) is 16.1 Å². The number of carbonyl (C=O) groups is 2. The van der Waals surface area contributed by atoms with Crippen LogP contribution < -0.4 is 25.5 Å². The molecule has 4 heterocycles. The van der Waals surface area contributed by atoms with Crippen molar-refractivity contribution in [1.29, 1.82) is 0 Å². The second-order valence-corrected chi connectivity index (χ2v) is 10.4. The molecule has 0 radical (unpaired) electrons. The van der Waals surface area contributed by atoms with Crippen molar-refractivity contribution in [3.8, 4) is 11.8 Å². The van der Waals surface area contributed by atoms with Gasteiger partial charge in [0.1, 0.15) is 28.0 Å². The van der Waals surface area contributed by atoms with Crippen LogP contribution in [0, 0.1) is 5.92 Å². The number of hydrogen-bond donors (Lipinski definition) is 4. The van der Waals surface area contributed by atoms with Gasteiger partial charge in [-0.25, -0.2) is 14.5 Å². The number of fused-ring (bicyclic) bond motifs is 2. The summed E-state index contributed by atoms with van der Waals surface area (Å²) in [6.07, 6.45) is 10.9. The first kappa shape index (κ1) is 27.6. The van der Waals surface area contributed by atoms with Crippen LogP contribution >= 0.6 is 11.6 Å². The zero-order valence-electron chi connectivity index (χ0n) is 22.0. The highest BCUT2D eigenvalue weighted by molar-refractivity contribution is 6.44. The van der Waals surface area contributed by atoms with E-state index in [0.717, 1.165) is 16.6 Å². The van der Waals surface area contributed by atoms with E-state index in [4.69, 9.17) is 32.5 Å². The summed E-state index contributed by atoms with van der Waals surface area (Å²) in [7, 11) is 0. The molecule has 12 nitrogen and oxygen atoms in total. The maximum Gasteiger partial charge on any atom is 0.305 e. The molecule has 1 atom stereocenters. The summed E-state index contributed by atoms with van der Waals surface area (Å²) in [5, 5.41) is 1.19. The normalized spacial score (nSPS) is 13.3. The van der Waals surface area contributed by atoms with Gasteiger partial charge in [-0.2, -0.15) is 0 Å². The van der Waals surface area contributed by atoms with Crippen molar-refractivity contribution >= 4 is 57.6 Å². The molecule has 0 bridgehead atoms. The van der Waals surface area contributed by atoms with Crippen LogP contribution in [0.4, 0.5) is 0 Å². The van der Waals surface area contributed by atoms with Crippen molar-refractivity contribution in [1.82, 2.24) is 24.9 Å². The predicted octanol–water partition coefficient (Wildman–Crippen LogP) is 2.58. The van der Waals surface area contributed by atoms with Crippen molar-refractivity contribution in [2.24, 2.45) is 17.4 Å². The third-order valence-electron chi connectivity index (χ3n) is 5.53. The van der Waals surface area contributed by atoms with Crippen LogP contribution in [0.1, 0.15) is 38.8 Å². The molecule has 0 aromatic carbocycles. The average molecular weight is 554 g/mol. The van der Waals surface area contributed by atoms with Gasteiger partial charge in [0.05, 0.1) is 24.7 Å². The molecule has 0 aliphatic heterocycles. The molecule has 4 rings (SSSR count). The third-order valence-corrected chi connectivity index (χ3v) is 5.83. The summed E-state index contributed by atoms with van der Waals surface area (Å²) in [6.45, 7) is 8.68. The molecule has 2 amide bonds. The summed E-state index contributed by atoms with van der Waals surface area (Å²) in [6, 6.07) is 0. The number of nitrogens with zero attached hydrogens (tertiary/aromatic N) is 4. The monoisotopic (exact) mass is 553 g/mol. The Hall–Kier alpha value is -4.45. The van der Waals surface area contributed by atoms with Gasteiger partial charge in [-0.05, 0) is 32.9 Å². The summed E-state index contributed by atoms with van der Waals surface area (Å²) in [5.41, 5.74) is 12.7. The maximum atomic E-state index is 11.4. The van der Waals surface area contributed by atoms with E-state index in [1.165, 1.54) is 18.5 Å². The Kier molecular flexibility index (Phi) is 7.86. The van der Waals surface area contributed by atoms with Gasteiger partial charge in [0, 0.05) is 29.3 Å². The Labute approximate surface area is 229 Å². The smallest absolute Gasteiger partial charge is 0.305 e. The molecular weight excluding hydrogens is 524 g/mol. The van der Waals surface area contributed by atoms with Crippen LogP contribution in [0.25, 0.3) is 34.2 Å². The Balaban J connectivity index is 1.59. The van der Waals surface area contributed by atoms with Gasteiger partial charge in [0.25, 0.3) is 5.91 Å². The Morgan fingerprint density at radius 3 is 2.54 bits per heavy atom. The van der Waals surface area contributed by atoms with E-state index in [1.54, 1.807) is 24.8 Å². The first-order chi connectivity index (χ1) is 18.4. The predicted molar refractivity (Wildman–Crippen MR) is 146 cm³/mol. The zero-order chi connectivity index (χ0) is 28.3. The number of nitrogens with one attached hydrogen (secondary N) is 2. The van der Waals surface area contributed by atoms with Crippen molar-refractivity contribution in [2.75, 3.05) is 6.61 Å². The number of H-pyrrole nitrogens is 2. The first-order valence-electron chi connectivity index (χ1n) is 12.1. The summed E-state index contributed by atoms with van der Waals surface area (Å²) >= 11 is 5.95. The summed E-state index contributed by atoms with van der Waals surface area (Å²) in [4.78, 5) is 42.0. The Morgan fingerprint density at radius 1 is 1.10 bits per heavy atom. The molecule has 0 saturated carbocycles. The second-order valence-electron chi connectivity index (χ2n) is 10.0. The van der Waals surface area contributed by atoms with Crippen molar-refractivity contribution < 1.29 is 23.6 Å². The number of carbonyl (C=O) groups excluding carboxylic acids is 2. The Morgan fingerprint density at radius 2 is 1.85 bits per heavy atom. The lowest BCUT2D eigenvalue weighted by molar-refractivity contribution is -0.682. The van der Waals surface area contributed by atoms with Gasteiger partial charge in [-0.1, -0.05) is 23.5 Å². The number of amides is 2. The number of nitrogens with two attached hydrogens (primary N) is 2. The highest BCUT2D eigenvalue weighted by atomic mass is 35.5. The number of halogens is 1. The average Bonchev–Trinajstić information content (AvgIpc) is 3.47. The van der Waals surface area contributed by atoms with Gasteiger partial charge in [-0.3, -0.25) is 14.6 Å². The number of ether oxygens (including phenoxy) is 2. The van der Waals surface area contributed by atoms with Gasteiger partial charge in [0.15, 0.2) is 0 Å². The summed E-state index contributed by atoms with van der Waals surface area (Å²) < 4.78 is 14.1. The lowest BCUT2D eigenvalue weighted by Gasteiger charge is -2.19. The lowest BCUT2D eigenvalue weighted by atomic mass is 10.1. The van der Waals surface area contributed by atoms with Crippen molar-refractivity contribution in [2.45, 2.75) is 39.8 Å². The van der Waals surface area contributed by atoms with E-state index in [0.29, 0.717) is 41.5 Å². The lowest BCUT2D eigenvalue weighted by Crippen LogP contribution is -2.40. The van der Waals surface area contributed by atoms with E-state index in [2.05, 4.69) is 24.9 Å². The molecule has 0 aliphatic rings. The quantitative estimate of drug-likeness (QED) is 0.172. The topological polar surface area (TPSA) is 179 Å². The number of hydrogen-bond acceptors (Lipinski definition) is 7.